The first-order valence-corrected chi connectivity index (χ1v) is 7.96. The van der Waals surface area contributed by atoms with Gasteiger partial charge in [-0.1, -0.05) is 51.7 Å². The zero-order chi connectivity index (χ0) is 15.9. The van der Waals surface area contributed by atoms with Crippen LogP contribution in [0.5, 0.6) is 0 Å². The van der Waals surface area contributed by atoms with Crippen molar-refractivity contribution in [1.29, 1.82) is 0 Å². The molecule has 0 aliphatic rings. The Hall–Kier alpha value is -1.51. The van der Waals surface area contributed by atoms with Crippen molar-refractivity contribution in [2.24, 2.45) is 5.41 Å². The van der Waals surface area contributed by atoms with E-state index in [9.17, 15) is 4.79 Å². The Bertz CT molecular complexity index is 466. The van der Waals surface area contributed by atoms with Crippen LogP contribution >= 0.6 is 0 Å². The van der Waals surface area contributed by atoms with E-state index in [1.807, 2.05) is 32.2 Å². The fraction of sp³-hybridized carbons (Fsp3) is 0.611. The zero-order valence-corrected chi connectivity index (χ0v) is 14.2. The van der Waals surface area contributed by atoms with Crippen LogP contribution in [-0.2, 0) is 0 Å². The second-order valence-corrected chi connectivity index (χ2v) is 6.60. The minimum absolute atomic E-state index is 0.00613. The van der Waals surface area contributed by atoms with Crippen LogP contribution in [0.3, 0.4) is 0 Å². The summed E-state index contributed by atoms with van der Waals surface area (Å²) in [6.07, 6.45) is 4.87. The average molecular weight is 290 g/mol. The molecule has 0 fully saturated rings. The van der Waals surface area contributed by atoms with E-state index in [0.717, 1.165) is 23.2 Å². The monoisotopic (exact) mass is 290 g/mol. The zero-order valence-electron chi connectivity index (χ0n) is 14.2. The minimum Gasteiger partial charge on any atom is -0.387 e. The lowest BCUT2D eigenvalue weighted by Crippen LogP contribution is -2.34. The van der Waals surface area contributed by atoms with E-state index < -0.39 is 0 Å². The number of aryl methyl sites for hydroxylation is 1. The Morgan fingerprint density at radius 2 is 1.95 bits per heavy atom. The van der Waals surface area contributed by atoms with E-state index in [0.29, 0.717) is 6.54 Å². The number of nitrogens with one attached hydrogen (secondary N) is 2. The molecule has 0 spiro atoms. The molecule has 0 saturated heterocycles. The van der Waals surface area contributed by atoms with E-state index in [1.54, 1.807) is 0 Å². The fourth-order valence-corrected chi connectivity index (χ4v) is 2.42. The third-order valence-electron chi connectivity index (χ3n) is 3.87. The highest BCUT2D eigenvalue weighted by Crippen LogP contribution is 2.23. The third kappa shape index (κ3) is 5.78. The van der Waals surface area contributed by atoms with Gasteiger partial charge in [-0.2, -0.15) is 0 Å². The Balaban J connectivity index is 2.63. The van der Waals surface area contributed by atoms with Gasteiger partial charge in [0.25, 0.3) is 5.91 Å². The Morgan fingerprint density at radius 1 is 1.24 bits per heavy atom. The topological polar surface area (TPSA) is 41.1 Å². The van der Waals surface area contributed by atoms with Gasteiger partial charge in [0, 0.05) is 19.3 Å². The lowest BCUT2D eigenvalue weighted by atomic mass is 9.87. The number of hydrogen-bond acceptors (Lipinski definition) is 2. The van der Waals surface area contributed by atoms with E-state index >= 15 is 0 Å². The van der Waals surface area contributed by atoms with Gasteiger partial charge in [0.05, 0.1) is 5.56 Å². The molecule has 0 atom stereocenters. The summed E-state index contributed by atoms with van der Waals surface area (Å²) in [5.74, 6) is 0.00613. The second-order valence-electron chi connectivity index (χ2n) is 6.60. The molecule has 2 N–H and O–H groups in total. The first kappa shape index (κ1) is 17.5. The van der Waals surface area contributed by atoms with Crippen molar-refractivity contribution in [3.8, 4) is 0 Å². The molecule has 118 valence electrons. The largest absolute Gasteiger partial charge is 0.387 e. The predicted octanol–water partition coefficient (Wildman–Crippen LogP) is 4.37. The van der Waals surface area contributed by atoms with Crippen molar-refractivity contribution in [2.75, 3.05) is 18.9 Å². The van der Waals surface area contributed by atoms with E-state index in [-0.39, 0.29) is 11.3 Å². The van der Waals surface area contributed by atoms with Crippen LogP contribution in [0.2, 0.25) is 0 Å². The van der Waals surface area contributed by atoms with Crippen molar-refractivity contribution < 1.29 is 4.79 Å². The molecule has 3 nitrogen and oxygen atoms in total. The van der Waals surface area contributed by atoms with Gasteiger partial charge in [-0.3, -0.25) is 4.79 Å². The standard InChI is InChI=1S/C18H30N2O/c1-6-7-8-11-18(3,4)13-20-17(21)15-12-14(2)9-10-16(15)19-5/h9-10,12,19H,6-8,11,13H2,1-5H3,(H,20,21). The first-order chi connectivity index (χ1) is 9.89. The maximum atomic E-state index is 12.4. The number of amides is 1. The normalized spacial score (nSPS) is 11.3. The van der Waals surface area contributed by atoms with Crippen molar-refractivity contribution in [3.63, 3.8) is 0 Å². The van der Waals surface area contributed by atoms with Gasteiger partial charge in [0.15, 0.2) is 0 Å². The van der Waals surface area contributed by atoms with Gasteiger partial charge in [0.2, 0.25) is 0 Å². The highest BCUT2D eigenvalue weighted by atomic mass is 16.1. The van der Waals surface area contributed by atoms with Crippen LogP contribution in [0.4, 0.5) is 5.69 Å². The van der Waals surface area contributed by atoms with Gasteiger partial charge in [-0.05, 0) is 30.9 Å². The molecule has 1 aromatic carbocycles. The third-order valence-corrected chi connectivity index (χ3v) is 3.87. The second kappa shape index (κ2) is 8.06. The van der Waals surface area contributed by atoms with Crippen LogP contribution in [-0.4, -0.2) is 19.5 Å². The van der Waals surface area contributed by atoms with Crippen LogP contribution in [0.15, 0.2) is 18.2 Å². The quantitative estimate of drug-likeness (QED) is 0.698. The first-order valence-electron chi connectivity index (χ1n) is 7.96. The van der Waals surface area contributed by atoms with Crippen LogP contribution in [0, 0.1) is 12.3 Å². The molecule has 0 bridgehead atoms. The number of carbonyl (C=O) groups excluding carboxylic acids is 1. The molecule has 3 heteroatoms. The Kier molecular flexibility index (Phi) is 6.73. The van der Waals surface area contributed by atoms with E-state index in [1.165, 1.54) is 19.3 Å². The number of benzene rings is 1. The van der Waals surface area contributed by atoms with Crippen LogP contribution in [0.1, 0.15) is 62.4 Å². The lowest BCUT2D eigenvalue weighted by molar-refractivity contribution is 0.0935. The summed E-state index contributed by atoms with van der Waals surface area (Å²) in [5.41, 5.74) is 2.85. The molecule has 0 unspecified atom stereocenters. The molecule has 1 aromatic rings. The van der Waals surface area contributed by atoms with Gasteiger partial charge >= 0.3 is 0 Å². The summed E-state index contributed by atoms with van der Waals surface area (Å²) in [6.45, 7) is 9.37. The fourth-order valence-electron chi connectivity index (χ4n) is 2.42. The molecule has 1 rings (SSSR count). The average Bonchev–Trinajstić information content (AvgIpc) is 2.45. The van der Waals surface area contributed by atoms with Crippen molar-refractivity contribution in [1.82, 2.24) is 5.32 Å². The minimum atomic E-state index is 0.00613. The van der Waals surface area contributed by atoms with Gasteiger partial charge in [0.1, 0.15) is 0 Å². The number of rotatable bonds is 8. The summed E-state index contributed by atoms with van der Waals surface area (Å²) in [7, 11) is 1.84. The summed E-state index contributed by atoms with van der Waals surface area (Å²) in [5, 5.41) is 6.17. The summed E-state index contributed by atoms with van der Waals surface area (Å²) < 4.78 is 0. The molecule has 0 radical (unpaired) electrons. The molecule has 0 aromatic heterocycles. The van der Waals surface area contributed by atoms with Crippen LogP contribution < -0.4 is 10.6 Å². The maximum absolute atomic E-state index is 12.4. The molecule has 0 aliphatic carbocycles. The lowest BCUT2D eigenvalue weighted by Gasteiger charge is -2.25. The molecular weight excluding hydrogens is 260 g/mol. The molecule has 0 aliphatic heterocycles. The summed E-state index contributed by atoms with van der Waals surface area (Å²) in [4.78, 5) is 12.4. The SMILES string of the molecule is CCCCCC(C)(C)CNC(=O)c1cc(C)ccc1NC. The van der Waals surface area contributed by atoms with Crippen molar-refractivity contribution in [2.45, 2.75) is 53.4 Å². The Labute approximate surface area is 129 Å². The molecule has 21 heavy (non-hydrogen) atoms. The van der Waals surface area contributed by atoms with Gasteiger partial charge in [-0.25, -0.2) is 0 Å². The highest BCUT2D eigenvalue weighted by molar-refractivity contribution is 5.99. The van der Waals surface area contributed by atoms with Crippen molar-refractivity contribution >= 4 is 11.6 Å². The molecule has 0 saturated carbocycles. The summed E-state index contributed by atoms with van der Waals surface area (Å²) in [6, 6.07) is 5.90. The number of hydrogen-bond donors (Lipinski definition) is 2. The smallest absolute Gasteiger partial charge is 0.253 e. The molecule has 0 heterocycles. The highest BCUT2D eigenvalue weighted by Gasteiger charge is 2.19. The van der Waals surface area contributed by atoms with Gasteiger partial charge < -0.3 is 10.6 Å². The van der Waals surface area contributed by atoms with E-state index in [4.69, 9.17) is 0 Å². The number of anilines is 1. The Morgan fingerprint density at radius 3 is 2.57 bits per heavy atom. The number of unbranched alkanes of at least 4 members (excludes halogenated alkanes) is 2. The van der Waals surface area contributed by atoms with Crippen LogP contribution in [0.25, 0.3) is 0 Å². The van der Waals surface area contributed by atoms with E-state index in [2.05, 4.69) is 31.4 Å². The van der Waals surface area contributed by atoms with Gasteiger partial charge in [-0.15, -0.1) is 0 Å². The summed E-state index contributed by atoms with van der Waals surface area (Å²) >= 11 is 0. The number of carbonyl (C=O) groups is 1. The maximum Gasteiger partial charge on any atom is 0.253 e. The molecular formula is C18H30N2O. The van der Waals surface area contributed by atoms with Crippen molar-refractivity contribution in [3.05, 3.63) is 29.3 Å². The predicted molar refractivity (Wildman–Crippen MR) is 91.0 cm³/mol. The molecule has 1 amide bonds.